The van der Waals surface area contributed by atoms with E-state index in [0.717, 1.165) is 30.6 Å². The van der Waals surface area contributed by atoms with Crippen LogP contribution < -0.4 is 5.73 Å². The molecule has 118 valence electrons. The van der Waals surface area contributed by atoms with Gasteiger partial charge in [-0.3, -0.25) is 0 Å². The van der Waals surface area contributed by atoms with Gasteiger partial charge < -0.3 is 10.5 Å². The number of hydrogen-bond acceptors (Lipinski definition) is 4. The van der Waals surface area contributed by atoms with Gasteiger partial charge in [0.05, 0.1) is 11.9 Å². The maximum Gasteiger partial charge on any atom is 0.218 e. The zero-order valence-electron chi connectivity index (χ0n) is 12.5. The molecule has 1 atom stereocenters. The number of hydrogen-bond donors (Lipinski definition) is 1. The summed E-state index contributed by atoms with van der Waals surface area (Å²) in [6.45, 7) is 3.94. The highest BCUT2D eigenvalue weighted by atomic mass is 32.2. The van der Waals surface area contributed by atoms with E-state index < -0.39 is 10.0 Å². The molecule has 6 heteroatoms. The average Bonchev–Trinajstić information content (AvgIpc) is 2.97. The number of likely N-dealkylation sites (N-methyl/N-ethyl adjacent to an activating group) is 1. The second kappa shape index (κ2) is 7.35. The van der Waals surface area contributed by atoms with Crippen molar-refractivity contribution in [1.82, 2.24) is 4.31 Å². The van der Waals surface area contributed by atoms with Gasteiger partial charge in [0, 0.05) is 26.2 Å². The topological polar surface area (TPSA) is 72.6 Å². The Balaban J connectivity index is 2.07. The molecule has 5 nitrogen and oxygen atoms in total. The standard InChI is InChI=1S/C15H24N2O3S/c1-2-17(11-15-7-4-8-20-15)21(18,19)12-14-6-3-5-13(9-14)10-16/h3,5-6,9,15H,2,4,7-8,10-12,16H2,1H3. The Labute approximate surface area is 127 Å². The number of rotatable bonds is 7. The molecule has 0 bridgehead atoms. The lowest BCUT2D eigenvalue weighted by Gasteiger charge is -2.23. The number of nitrogens with zero attached hydrogens (tertiary/aromatic N) is 1. The first-order chi connectivity index (χ1) is 10.0. The Kier molecular flexibility index (Phi) is 5.75. The molecule has 21 heavy (non-hydrogen) atoms. The molecule has 1 aliphatic rings. The van der Waals surface area contributed by atoms with Crippen LogP contribution in [0.2, 0.25) is 0 Å². The lowest BCUT2D eigenvalue weighted by Crippen LogP contribution is -2.37. The molecule has 0 amide bonds. The van der Waals surface area contributed by atoms with E-state index in [4.69, 9.17) is 10.5 Å². The Morgan fingerprint density at radius 1 is 1.38 bits per heavy atom. The van der Waals surface area contributed by atoms with Crippen molar-refractivity contribution in [3.63, 3.8) is 0 Å². The minimum absolute atomic E-state index is 0.0153. The predicted octanol–water partition coefficient (Wildman–Crippen LogP) is 1.48. The van der Waals surface area contributed by atoms with Crippen LogP contribution in [0.3, 0.4) is 0 Å². The van der Waals surface area contributed by atoms with Crippen molar-refractivity contribution in [1.29, 1.82) is 0 Å². The molecule has 1 aromatic rings. The van der Waals surface area contributed by atoms with Gasteiger partial charge >= 0.3 is 0 Å². The second-order valence-electron chi connectivity index (χ2n) is 5.37. The Bertz CT molecular complexity index is 554. The molecule has 1 unspecified atom stereocenters. The van der Waals surface area contributed by atoms with Gasteiger partial charge in [-0.1, -0.05) is 31.2 Å². The summed E-state index contributed by atoms with van der Waals surface area (Å²) in [4.78, 5) is 0. The number of benzene rings is 1. The van der Waals surface area contributed by atoms with E-state index in [9.17, 15) is 8.42 Å². The summed E-state index contributed by atoms with van der Waals surface area (Å²) in [6.07, 6.45) is 1.99. The van der Waals surface area contributed by atoms with Crippen molar-refractivity contribution < 1.29 is 13.2 Å². The van der Waals surface area contributed by atoms with E-state index >= 15 is 0 Å². The minimum Gasteiger partial charge on any atom is -0.377 e. The van der Waals surface area contributed by atoms with E-state index in [1.807, 2.05) is 31.2 Å². The Hall–Kier alpha value is -0.950. The Morgan fingerprint density at radius 2 is 2.14 bits per heavy atom. The third kappa shape index (κ3) is 4.51. The quantitative estimate of drug-likeness (QED) is 0.827. The van der Waals surface area contributed by atoms with Crippen LogP contribution in [-0.4, -0.2) is 38.5 Å². The van der Waals surface area contributed by atoms with Gasteiger partial charge in [-0.05, 0) is 24.0 Å². The first-order valence-electron chi connectivity index (χ1n) is 7.42. The van der Waals surface area contributed by atoms with Crippen molar-refractivity contribution in [2.45, 2.75) is 38.2 Å². The molecular formula is C15H24N2O3S. The van der Waals surface area contributed by atoms with Crippen molar-refractivity contribution in [3.05, 3.63) is 35.4 Å². The molecule has 1 fully saturated rings. The molecule has 2 rings (SSSR count). The smallest absolute Gasteiger partial charge is 0.218 e. The van der Waals surface area contributed by atoms with Crippen LogP contribution in [0.5, 0.6) is 0 Å². The van der Waals surface area contributed by atoms with Crippen molar-refractivity contribution >= 4 is 10.0 Å². The van der Waals surface area contributed by atoms with Gasteiger partial charge in [-0.2, -0.15) is 4.31 Å². The molecule has 0 spiro atoms. The van der Waals surface area contributed by atoms with Crippen molar-refractivity contribution in [3.8, 4) is 0 Å². The number of nitrogens with two attached hydrogens (primary N) is 1. The van der Waals surface area contributed by atoms with E-state index in [1.165, 1.54) is 4.31 Å². The van der Waals surface area contributed by atoms with E-state index in [1.54, 1.807) is 0 Å². The molecule has 0 saturated carbocycles. The predicted molar refractivity (Wildman–Crippen MR) is 83.2 cm³/mol. The molecule has 0 radical (unpaired) electrons. The molecule has 1 aliphatic heterocycles. The number of sulfonamides is 1. The third-order valence-corrected chi connectivity index (χ3v) is 5.65. The van der Waals surface area contributed by atoms with Gasteiger partial charge in [0.25, 0.3) is 0 Å². The first kappa shape index (κ1) is 16.4. The maximum atomic E-state index is 12.6. The molecule has 0 aromatic heterocycles. The summed E-state index contributed by atoms with van der Waals surface area (Å²) in [5, 5.41) is 0. The zero-order chi connectivity index (χ0) is 15.3. The fourth-order valence-corrected chi connectivity index (χ4v) is 4.17. The molecule has 0 aliphatic carbocycles. The van der Waals surface area contributed by atoms with E-state index in [0.29, 0.717) is 19.6 Å². The molecular weight excluding hydrogens is 288 g/mol. The highest BCUT2D eigenvalue weighted by molar-refractivity contribution is 7.88. The summed E-state index contributed by atoms with van der Waals surface area (Å²) >= 11 is 0. The third-order valence-electron chi connectivity index (χ3n) is 3.75. The van der Waals surface area contributed by atoms with Gasteiger partial charge in [0.15, 0.2) is 0 Å². The zero-order valence-corrected chi connectivity index (χ0v) is 13.3. The van der Waals surface area contributed by atoms with Gasteiger partial charge in [0.2, 0.25) is 10.0 Å². The second-order valence-corrected chi connectivity index (χ2v) is 7.33. The van der Waals surface area contributed by atoms with Crippen LogP contribution in [0.4, 0.5) is 0 Å². The highest BCUT2D eigenvalue weighted by Gasteiger charge is 2.26. The van der Waals surface area contributed by atoms with Crippen molar-refractivity contribution in [2.75, 3.05) is 19.7 Å². The van der Waals surface area contributed by atoms with Crippen LogP contribution in [-0.2, 0) is 27.1 Å². The number of ether oxygens (including phenoxy) is 1. The van der Waals surface area contributed by atoms with Crippen molar-refractivity contribution in [2.24, 2.45) is 5.73 Å². The summed E-state index contributed by atoms with van der Waals surface area (Å²) in [7, 11) is -3.33. The normalized spacial score (nSPS) is 19.3. The van der Waals surface area contributed by atoms with Crippen LogP contribution in [0, 0.1) is 0 Å². The van der Waals surface area contributed by atoms with E-state index in [-0.39, 0.29) is 11.9 Å². The van der Waals surface area contributed by atoms with Crippen LogP contribution in [0.15, 0.2) is 24.3 Å². The largest absolute Gasteiger partial charge is 0.377 e. The lowest BCUT2D eigenvalue weighted by atomic mass is 10.1. The van der Waals surface area contributed by atoms with E-state index in [2.05, 4.69) is 0 Å². The van der Waals surface area contributed by atoms with Crippen LogP contribution >= 0.6 is 0 Å². The maximum absolute atomic E-state index is 12.6. The Morgan fingerprint density at radius 3 is 2.76 bits per heavy atom. The SMILES string of the molecule is CCN(CC1CCCO1)S(=O)(=O)Cc1cccc(CN)c1. The monoisotopic (exact) mass is 312 g/mol. The molecule has 1 heterocycles. The molecule has 1 saturated heterocycles. The average molecular weight is 312 g/mol. The fraction of sp³-hybridized carbons (Fsp3) is 0.600. The summed E-state index contributed by atoms with van der Waals surface area (Å²) in [6, 6.07) is 7.44. The summed E-state index contributed by atoms with van der Waals surface area (Å²) in [5.41, 5.74) is 7.33. The fourth-order valence-electron chi connectivity index (χ4n) is 2.60. The minimum atomic E-state index is -3.33. The lowest BCUT2D eigenvalue weighted by molar-refractivity contribution is 0.0946. The van der Waals surface area contributed by atoms with Crippen LogP contribution in [0.1, 0.15) is 30.9 Å². The summed E-state index contributed by atoms with van der Waals surface area (Å²) in [5.74, 6) is 0.0153. The summed E-state index contributed by atoms with van der Waals surface area (Å²) < 4.78 is 32.2. The first-order valence-corrected chi connectivity index (χ1v) is 9.03. The van der Waals surface area contributed by atoms with Gasteiger partial charge in [-0.15, -0.1) is 0 Å². The van der Waals surface area contributed by atoms with Crippen LogP contribution in [0.25, 0.3) is 0 Å². The van der Waals surface area contributed by atoms with Gasteiger partial charge in [0.1, 0.15) is 0 Å². The molecule has 2 N–H and O–H groups in total. The highest BCUT2D eigenvalue weighted by Crippen LogP contribution is 2.18. The van der Waals surface area contributed by atoms with Gasteiger partial charge in [-0.25, -0.2) is 8.42 Å². The molecule has 1 aromatic carbocycles.